The Morgan fingerprint density at radius 1 is 1.82 bits per heavy atom. The zero-order chi connectivity index (χ0) is 8.27. The highest BCUT2D eigenvalue weighted by atomic mass is 32.1. The Morgan fingerprint density at radius 2 is 2.55 bits per heavy atom. The van der Waals surface area contributed by atoms with E-state index in [4.69, 9.17) is 9.84 Å². The first-order valence-corrected chi connectivity index (χ1v) is 3.91. The molecular formula is C7H8O3S. The number of ether oxygens (including phenoxy) is 1. The molecule has 0 aliphatic carbocycles. The minimum absolute atomic E-state index is 0.358. The second-order valence-electron chi connectivity index (χ2n) is 2.06. The lowest BCUT2D eigenvalue weighted by molar-refractivity contribution is 0.0702. The quantitative estimate of drug-likeness (QED) is 0.753. The molecule has 11 heavy (non-hydrogen) atoms. The average Bonchev–Trinajstić information content (AvgIpc) is 2.37. The monoisotopic (exact) mass is 172 g/mol. The molecule has 0 aromatic carbocycles. The van der Waals surface area contributed by atoms with E-state index in [1.165, 1.54) is 11.3 Å². The van der Waals surface area contributed by atoms with Gasteiger partial charge >= 0.3 is 5.97 Å². The minimum atomic E-state index is -0.877. The van der Waals surface area contributed by atoms with E-state index < -0.39 is 5.97 Å². The standard InChI is InChI=1S/C7H8O3S/c1-10-3-5-2-6(7(8)9)11-4-5/h2,4H,3H2,1H3,(H,8,9). The molecule has 0 bridgehead atoms. The molecule has 0 spiro atoms. The van der Waals surface area contributed by atoms with Gasteiger partial charge in [0.15, 0.2) is 0 Å². The summed E-state index contributed by atoms with van der Waals surface area (Å²) in [6.45, 7) is 0.476. The molecule has 0 fully saturated rings. The summed E-state index contributed by atoms with van der Waals surface area (Å²) in [4.78, 5) is 10.7. The summed E-state index contributed by atoms with van der Waals surface area (Å²) in [7, 11) is 1.58. The zero-order valence-corrected chi connectivity index (χ0v) is 6.85. The predicted octanol–water partition coefficient (Wildman–Crippen LogP) is 1.59. The van der Waals surface area contributed by atoms with Crippen LogP contribution in [0, 0.1) is 0 Å². The van der Waals surface area contributed by atoms with Crippen molar-refractivity contribution in [1.29, 1.82) is 0 Å². The fourth-order valence-corrected chi connectivity index (χ4v) is 1.46. The van der Waals surface area contributed by atoms with Crippen LogP contribution >= 0.6 is 11.3 Å². The molecule has 0 radical (unpaired) electrons. The molecule has 0 saturated carbocycles. The van der Waals surface area contributed by atoms with Crippen molar-refractivity contribution in [3.8, 4) is 0 Å². The summed E-state index contributed by atoms with van der Waals surface area (Å²) in [5.74, 6) is -0.877. The molecule has 1 N–H and O–H groups in total. The van der Waals surface area contributed by atoms with Gasteiger partial charge in [-0.2, -0.15) is 0 Å². The van der Waals surface area contributed by atoms with Crippen LogP contribution in [-0.4, -0.2) is 18.2 Å². The van der Waals surface area contributed by atoms with Crippen LogP contribution in [0.15, 0.2) is 11.4 Å². The first-order chi connectivity index (χ1) is 5.24. The van der Waals surface area contributed by atoms with Crippen LogP contribution < -0.4 is 0 Å². The molecule has 3 nitrogen and oxygen atoms in total. The van der Waals surface area contributed by atoms with Crippen molar-refractivity contribution in [2.24, 2.45) is 0 Å². The van der Waals surface area contributed by atoms with Crippen molar-refractivity contribution in [2.75, 3.05) is 7.11 Å². The molecule has 0 unspecified atom stereocenters. The molecule has 1 aromatic heterocycles. The third-order valence-corrected chi connectivity index (χ3v) is 2.14. The average molecular weight is 172 g/mol. The van der Waals surface area contributed by atoms with Crippen LogP contribution in [0.4, 0.5) is 0 Å². The van der Waals surface area contributed by atoms with Crippen LogP contribution in [-0.2, 0) is 11.3 Å². The van der Waals surface area contributed by atoms with Crippen molar-refractivity contribution in [3.05, 3.63) is 21.9 Å². The maximum atomic E-state index is 10.4. The lowest BCUT2D eigenvalue weighted by Crippen LogP contribution is -1.90. The van der Waals surface area contributed by atoms with Gasteiger partial charge in [0.1, 0.15) is 4.88 Å². The molecule has 0 aliphatic heterocycles. The van der Waals surface area contributed by atoms with Crippen molar-refractivity contribution in [3.63, 3.8) is 0 Å². The highest BCUT2D eigenvalue weighted by Crippen LogP contribution is 2.14. The molecule has 0 saturated heterocycles. The van der Waals surface area contributed by atoms with Crippen molar-refractivity contribution in [1.82, 2.24) is 0 Å². The van der Waals surface area contributed by atoms with Gasteiger partial charge in [0.05, 0.1) is 6.61 Å². The van der Waals surface area contributed by atoms with Gasteiger partial charge in [-0.05, 0) is 17.0 Å². The topological polar surface area (TPSA) is 46.5 Å². The number of methoxy groups -OCH3 is 1. The number of carboxylic acid groups (broad SMARTS) is 1. The van der Waals surface area contributed by atoms with Crippen LogP contribution in [0.5, 0.6) is 0 Å². The number of carbonyl (C=O) groups is 1. The lowest BCUT2D eigenvalue weighted by Gasteiger charge is -1.90. The summed E-state index contributed by atoms with van der Waals surface area (Å²) in [5.41, 5.74) is 0.912. The SMILES string of the molecule is COCc1csc(C(=O)O)c1. The predicted molar refractivity (Wildman–Crippen MR) is 42.0 cm³/mol. The zero-order valence-electron chi connectivity index (χ0n) is 6.03. The van der Waals surface area contributed by atoms with E-state index in [9.17, 15) is 4.79 Å². The highest BCUT2D eigenvalue weighted by Gasteiger charge is 2.05. The third kappa shape index (κ3) is 2.03. The fourth-order valence-electron chi connectivity index (χ4n) is 0.730. The van der Waals surface area contributed by atoms with Crippen LogP contribution in [0.2, 0.25) is 0 Å². The van der Waals surface area contributed by atoms with E-state index in [2.05, 4.69) is 0 Å². The summed E-state index contributed by atoms with van der Waals surface area (Å²) in [6.07, 6.45) is 0. The first-order valence-electron chi connectivity index (χ1n) is 3.03. The van der Waals surface area contributed by atoms with Gasteiger partial charge in [-0.1, -0.05) is 0 Å². The van der Waals surface area contributed by atoms with Crippen molar-refractivity contribution in [2.45, 2.75) is 6.61 Å². The summed E-state index contributed by atoms with van der Waals surface area (Å²) < 4.78 is 4.83. The van der Waals surface area contributed by atoms with Gasteiger partial charge in [-0.25, -0.2) is 4.79 Å². The third-order valence-electron chi connectivity index (χ3n) is 1.18. The van der Waals surface area contributed by atoms with E-state index in [0.29, 0.717) is 11.5 Å². The van der Waals surface area contributed by atoms with Crippen LogP contribution in [0.3, 0.4) is 0 Å². The van der Waals surface area contributed by atoms with Gasteiger partial charge in [0, 0.05) is 7.11 Å². The second-order valence-corrected chi connectivity index (χ2v) is 2.97. The number of rotatable bonds is 3. The van der Waals surface area contributed by atoms with Gasteiger partial charge in [-0.3, -0.25) is 0 Å². The molecule has 1 rings (SSSR count). The van der Waals surface area contributed by atoms with E-state index in [-0.39, 0.29) is 0 Å². The Hall–Kier alpha value is -0.870. The van der Waals surface area contributed by atoms with Crippen molar-refractivity contribution < 1.29 is 14.6 Å². The van der Waals surface area contributed by atoms with Crippen molar-refractivity contribution >= 4 is 17.3 Å². The Labute approximate surface area is 68.2 Å². The van der Waals surface area contributed by atoms with Gasteiger partial charge < -0.3 is 9.84 Å². The van der Waals surface area contributed by atoms with Crippen LogP contribution in [0.1, 0.15) is 15.2 Å². The Kier molecular flexibility index (Phi) is 2.62. The first kappa shape index (κ1) is 8.23. The number of carboxylic acids is 1. The molecule has 4 heteroatoms. The number of hydrogen-bond acceptors (Lipinski definition) is 3. The molecule has 60 valence electrons. The minimum Gasteiger partial charge on any atom is -0.477 e. The normalized spacial score (nSPS) is 9.91. The maximum Gasteiger partial charge on any atom is 0.345 e. The Balaban J connectivity index is 2.73. The highest BCUT2D eigenvalue weighted by molar-refractivity contribution is 7.12. The largest absolute Gasteiger partial charge is 0.477 e. The fraction of sp³-hybridized carbons (Fsp3) is 0.286. The maximum absolute atomic E-state index is 10.4. The van der Waals surface area contributed by atoms with E-state index in [1.54, 1.807) is 18.6 Å². The molecule has 0 atom stereocenters. The smallest absolute Gasteiger partial charge is 0.345 e. The molecule has 0 aliphatic rings. The molecule has 0 amide bonds. The van der Waals surface area contributed by atoms with E-state index in [0.717, 1.165) is 5.56 Å². The van der Waals surface area contributed by atoms with Crippen LogP contribution in [0.25, 0.3) is 0 Å². The van der Waals surface area contributed by atoms with E-state index in [1.807, 2.05) is 0 Å². The Bertz CT molecular complexity index is 254. The summed E-state index contributed by atoms with van der Waals surface area (Å²) in [5, 5.41) is 10.3. The number of aromatic carboxylic acids is 1. The number of thiophene rings is 1. The second kappa shape index (κ2) is 3.50. The molecule has 1 aromatic rings. The summed E-state index contributed by atoms with van der Waals surface area (Å²) in [6, 6.07) is 1.62. The van der Waals surface area contributed by atoms with Gasteiger partial charge in [0.25, 0.3) is 0 Å². The lowest BCUT2D eigenvalue weighted by atomic mass is 10.3. The van der Waals surface area contributed by atoms with Gasteiger partial charge in [-0.15, -0.1) is 11.3 Å². The summed E-state index contributed by atoms with van der Waals surface area (Å²) >= 11 is 1.22. The molecular weight excluding hydrogens is 164 g/mol. The molecule has 1 heterocycles. The van der Waals surface area contributed by atoms with E-state index >= 15 is 0 Å². The number of hydrogen-bond donors (Lipinski definition) is 1. The Morgan fingerprint density at radius 3 is 3.00 bits per heavy atom. The van der Waals surface area contributed by atoms with Gasteiger partial charge in [0.2, 0.25) is 0 Å².